The second kappa shape index (κ2) is 15.0. The van der Waals surface area contributed by atoms with Gasteiger partial charge in [-0.1, -0.05) is 18.2 Å². The van der Waals surface area contributed by atoms with E-state index in [4.69, 9.17) is 19.3 Å². The molecular weight excluding hydrogens is 404 g/mol. The standard InChI is InChI=1S/C22H30N2O6.H2O/c1-17(14-25)24-22(27)16-30-21-9-7-20(8-10-21)28-12-11-23-13-18(26)15-29-19-5-3-2-4-6-19;/h2-10,17-18,23,25-26H,11-16H2,1H3,(H,24,27);1H2. The van der Waals surface area contributed by atoms with E-state index in [2.05, 4.69) is 10.6 Å². The summed E-state index contributed by atoms with van der Waals surface area (Å²) in [5.74, 6) is 1.66. The Balaban J connectivity index is 0.00000480. The highest BCUT2D eigenvalue weighted by Gasteiger charge is 2.07. The van der Waals surface area contributed by atoms with Crippen molar-refractivity contribution in [2.45, 2.75) is 19.1 Å². The largest absolute Gasteiger partial charge is 0.492 e. The van der Waals surface area contributed by atoms with Gasteiger partial charge in [-0.25, -0.2) is 0 Å². The Labute approximate surface area is 182 Å². The molecule has 2 rings (SSSR count). The molecule has 172 valence electrons. The van der Waals surface area contributed by atoms with Gasteiger partial charge in [-0.3, -0.25) is 4.79 Å². The van der Waals surface area contributed by atoms with Gasteiger partial charge in [-0.05, 0) is 43.3 Å². The number of aliphatic hydroxyl groups is 2. The van der Waals surface area contributed by atoms with Crippen molar-refractivity contribution in [3.63, 3.8) is 0 Å². The van der Waals surface area contributed by atoms with Gasteiger partial charge in [0.2, 0.25) is 0 Å². The van der Waals surface area contributed by atoms with E-state index in [1.807, 2.05) is 30.3 Å². The molecule has 0 fully saturated rings. The fraction of sp³-hybridized carbons (Fsp3) is 0.409. The molecule has 9 nitrogen and oxygen atoms in total. The van der Waals surface area contributed by atoms with Crippen molar-refractivity contribution in [3.05, 3.63) is 54.6 Å². The minimum absolute atomic E-state index is 0. The number of hydrogen-bond acceptors (Lipinski definition) is 7. The fourth-order valence-corrected chi connectivity index (χ4v) is 2.42. The molecule has 2 aromatic rings. The van der Waals surface area contributed by atoms with Gasteiger partial charge >= 0.3 is 0 Å². The van der Waals surface area contributed by atoms with Crippen molar-refractivity contribution in [2.75, 3.05) is 39.5 Å². The molecule has 0 aliphatic heterocycles. The van der Waals surface area contributed by atoms with E-state index < -0.39 is 6.10 Å². The Morgan fingerprint density at radius 1 is 0.968 bits per heavy atom. The van der Waals surface area contributed by atoms with E-state index in [-0.39, 0.29) is 37.2 Å². The Bertz CT molecular complexity index is 728. The molecule has 1 amide bonds. The fourth-order valence-electron chi connectivity index (χ4n) is 2.42. The Kier molecular flexibility index (Phi) is 12.7. The van der Waals surface area contributed by atoms with Crippen LogP contribution in [0.1, 0.15) is 6.92 Å². The number of rotatable bonds is 14. The van der Waals surface area contributed by atoms with Gasteiger partial charge in [0.1, 0.15) is 36.6 Å². The van der Waals surface area contributed by atoms with Crippen molar-refractivity contribution in [1.82, 2.24) is 10.6 Å². The Morgan fingerprint density at radius 3 is 2.23 bits per heavy atom. The number of benzene rings is 2. The quantitative estimate of drug-likeness (QED) is 0.309. The van der Waals surface area contributed by atoms with Crippen LogP contribution in [0.15, 0.2) is 54.6 Å². The summed E-state index contributed by atoms with van der Waals surface area (Å²) in [4.78, 5) is 11.6. The van der Waals surface area contributed by atoms with Crippen LogP contribution in [0.3, 0.4) is 0 Å². The minimum Gasteiger partial charge on any atom is -0.492 e. The topological polar surface area (TPSA) is 141 Å². The van der Waals surface area contributed by atoms with E-state index in [0.29, 0.717) is 31.2 Å². The molecule has 2 aromatic carbocycles. The van der Waals surface area contributed by atoms with Gasteiger partial charge in [0.05, 0.1) is 6.61 Å². The van der Waals surface area contributed by atoms with Crippen molar-refractivity contribution in [3.8, 4) is 17.2 Å². The highest BCUT2D eigenvalue weighted by Crippen LogP contribution is 2.17. The van der Waals surface area contributed by atoms with E-state index in [0.717, 1.165) is 5.75 Å². The molecular formula is C22H32N2O7. The molecule has 0 aliphatic carbocycles. The zero-order valence-electron chi connectivity index (χ0n) is 17.6. The van der Waals surface area contributed by atoms with E-state index in [1.54, 1.807) is 31.2 Å². The molecule has 0 saturated heterocycles. The van der Waals surface area contributed by atoms with Gasteiger partial charge in [0.15, 0.2) is 6.61 Å². The molecule has 31 heavy (non-hydrogen) atoms. The van der Waals surface area contributed by atoms with Crippen molar-refractivity contribution in [2.24, 2.45) is 0 Å². The normalized spacial score (nSPS) is 12.2. The van der Waals surface area contributed by atoms with Crippen LogP contribution in [0.5, 0.6) is 17.2 Å². The highest BCUT2D eigenvalue weighted by atomic mass is 16.5. The zero-order chi connectivity index (χ0) is 21.6. The van der Waals surface area contributed by atoms with Crippen molar-refractivity contribution >= 4 is 5.91 Å². The third-order valence-corrected chi connectivity index (χ3v) is 3.99. The number of amides is 1. The predicted molar refractivity (Wildman–Crippen MR) is 117 cm³/mol. The maximum Gasteiger partial charge on any atom is 0.258 e. The molecule has 0 saturated carbocycles. The second-order valence-electron chi connectivity index (χ2n) is 6.74. The van der Waals surface area contributed by atoms with Crippen LogP contribution >= 0.6 is 0 Å². The third-order valence-electron chi connectivity index (χ3n) is 3.99. The summed E-state index contributed by atoms with van der Waals surface area (Å²) < 4.78 is 16.5. The van der Waals surface area contributed by atoms with Crippen LogP contribution < -0.4 is 24.8 Å². The number of para-hydroxylation sites is 1. The molecule has 2 atom stereocenters. The minimum atomic E-state index is -0.612. The molecule has 0 aromatic heterocycles. The number of carbonyl (C=O) groups is 1. The van der Waals surface area contributed by atoms with E-state index >= 15 is 0 Å². The van der Waals surface area contributed by atoms with Gasteiger partial charge in [0, 0.05) is 19.1 Å². The summed E-state index contributed by atoms with van der Waals surface area (Å²) in [6, 6.07) is 16.0. The monoisotopic (exact) mass is 436 g/mol. The summed E-state index contributed by atoms with van der Waals surface area (Å²) in [6.45, 7) is 3.10. The lowest BCUT2D eigenvalue weighted by molar-refractivity contribution is -0.124. The van der Waals surface area contributed by atoms with E-state index in [9.17, 15) is 9.90 Å². The van der Waals surface area contributed by atoms with Crippen LogP contribution in [0, 0.1) is 0 Å². The van der Waals surface area contributed by atoms with Crippen LogP contribution in [-0.4, -0.2) is 73.3 Å². The maximum absolute atomic E-state index is 11.6. The Morgan fingerprint density at radius 2 is 1.58 bits per heavy atom. The maximum atomic E-state index is 11.6. The lowest BCUT2D eigenvalue weighted by Crippen LogP contribution is -2.38. The van der Waals surface area contributed by atoms with Gasteiger partial charge in [-0.15, -0.1) is 0 Å². The van der Waals surface area contributed by atoms with Gasteiger partial charge in [-0.2, -0.15) is 0 Å². The summed E-state index contributed by atoms with van der Waals surface area (Å²) in [5, 5.41) is 24.6. The molecule has 0 spiro atoms. The molecule has 0 aliphatic rings. The first-order chi connectivity index (χ1) is 14.6. The van der Waals surface area contributed by atoms with Crippen LogP contribution in [0.2, 0.25) is 0 Å². The van der Waals surface area contributed by atoms with Crippen LogP contribution in [0.4, 0.5) is 0 Å². The molecule has 9 heteroatoms. The summed E-state index contributed by atoms with van der Waals surface area (Å²) in [6.07, 6.45) is -0.612. The number of carbonyl (C=O) groups excluding carboxylic acids is 1. The first kappa shape index (κ1) is 26.2. The average Bonchev–Trinajstić information content (AvgIpc) is 2.77. The summed E-state index contributed by atoms with van der Waals surface area (Å²) >= 11 is 0. The number of nitrogens with one attached hydrogen (secondary N) is 2. The molecule has 0 bridgehead atoms. The van der Waals surface area contributed by atoms with Gasteiger partial charge < -0.3 is 40.5 Å². The number of ether oxygens (including phenoxy) is 3. The lowest BCUT2D eigenvalue weighted by Gasteiger charge is -2.14. The average molecular weight is 437 g/mol. The first-order valence-electron chi connectivity index (χ1n) is 9.89. The smallest absolute Gasteiger partial charge is 0.258 e. The lowest BCUT2D eigenvalue weighted by atomic mass is 10.3. The molecule has 0 radical (unpaired) electrons. The third kappa shape index (κ3) is 11.2. The van der Waals surface area contributed by atoms with Crippen LogP contribution in [-0.2, 0) is 4.79 Å². The molecule has 0 heterocycles. The summed E-state index contributed by atoms with van der Waals surface area (Å²) in [5.41, 5.74) is 0. The number of aliphatic hydroxyl groups excluding tert-OH is 2. The second-order valence-corrected chi connectivity index (χ2v) is 6.74. The first-order valence-corrected chi connectivity index (χ1v) is 9.89. The molecule has 2 unspecified atom stereocenters. The van der Waals surface area contributed by atoms with Crippen molar-refractivity contribution in [1.29, 1.82) is 0 Å². The summed E-state index contributed by atoms with van der Waals surface area (Å²) in [7, 11) is 0. The predicted octanol–water partition coefficient (Wildman–Crippen LogP) is 0.146. The zero-order valence-corrected chi connectivity index (χ0v) is 17.6. The van der Waals surface area contributed by atoms with Crippen LogP contribution in [0.25, 0.3) is 0 Å². The SMILES string of the molecule is CC(CO)NC(=O)COc1ccc(OCCNCC(O)COc2ccccc2)cc1.O. The van der Waals surface area contributed by atoms with Gasteiger partial charge in [0.25, 0.3) is 5.91 Å². The highest BCUT2D eigenvalue weighted by molar-refractivity contribution is 5.77. The van der Waals surface area contributed by atoms with E-state index in [1.165, 1.54) is 0 Å². The number of hydrogen-bond donors (Lipinski definition) is 4. The molecule has 6 N–H and O–H groups in total. The Hall–Kier alpha value is -2.85. The van der Waals surface area contributed by atoms with Crippen molar-refractivity contribution < 1.29 is 34.7 Å².